The van der Waals surface area contributed by atoms with Gasteiger partial charge in [0.05, 0.1) is 10.7 Å². The van der Waals surface area contributed by atoms with E-state index in [2.05, 4.69) is 10.6 Å². The minimum Gasteiger partial charge on any atom is -0.351 e. The van der Waals surface area contributed by atoms with Gasteiger partial charge >= 0.3 is 0 Å². The van der Waals surface area contributed by atoms with E-state index in [9.17, 15) is 9.59 Å². The zero-order valence-electron chi connectivity index (χ0n) is 12.2. The van der Waals surface area contributed by atoms with E-state index < -0.39 is 5.41 Å². The van der Waals surface area contributed by atoms with E-state index in [1.54, 1.807) is 18.2 Å². The van der Waals surface area contributed by atoms with E-state index in [0.29, 0.717) is 28.6 Å². The van der Waals surface area contributed by atoms with E-state index >= 15 is 0 Å². The molecule has 21 heavy (non-hydrogen) atoms. The Morgan fingerprint density at radius 3 is 2.29 bits per heavy atom. The van der Waals surface area contributed by atoms with Crippen molar-refractivity contribution in [2.24, 2.45) is 5.41 Å². The third-order valence-corrected chi connectivity index (χ3v) is 3.85. The minimum atomic E-state index is -0.987. The summed E-state index contributed by atoms with van der Waals surface area (Å²) >= 11 is 11.9. The molecule has 1 saturated carbocycles. The lowest BCUT2D eigenvalue weighted by molar-refractivity contribution is -0.135. The van der Waals surface area contributed by atoms with Crippen LogP contribution in [0.25, 0.3) is 0 Å². The van der Waals surface area contributed by atoms with Gasteiger partial charge in [0.25, 0.3) is 0 Å². The Balaban J connectivity index is 2.13. The number of hydrogen-bond acceptors (Lipinski definition) is 2. The Hall–Kier alpha value is -1.26. The molecule has 6 heteroatoms. The lowest BCUT2D eigenvalue weighted by atomic mass is 10.0. The van der Waals surface area contributed by atoms with Crippen LogP contribution in [0, 0.1) is 5.41 Å². The van der Waals surface area contributed by atoms with E-state index in [0.717, 1.165) is 0 Å². The molecule has 1 aromatic carbocycles. The van der Waals surface area contributed by atoms with Gasteiger partial charge in [-0.2, -0.15) is 0 Å². The molecule has 1 fully saturated rings. The molecule has 0 unspecified atom stereocenters. The number of nitrogens with one attached hydrogen (secondary N) is 2. The first-order chi connectivity index (χ1) is 9.64. The summed E-state index contributed by atoms with van der Waals surface area (Å²) in [4.78, 5) is 24.7. The zero-order valence-corrected chi connectivity index (χ0v) is 13.7. The van der Waals surface area contributed by atoms with Gasteiger partial charge in [0, 0.05) is 10.6 Å². The van der Waals surface area contributed by atoms with Crippen LogP contribution in [0.5, 0.6) is 0 Å². The highest BCUT2D eigenvalue weighted by atomic mass is 35.5. The van der Waals surface area contributed by atoms with Crippen LogP contribution in [-0.2, 0) is 9.59 Å². The quantitative estimate of drug-likeness (QED) is 0.832. The first-order valence-corrected chi connectivity index (χ1v) is 7.49. The fourth-order valence-corrected chi connectivity index (χ4v) is 2.31. The number of hydrogen-bond donors (Lipinski definition) is 2. The van der Waals surface area contributed by atoms with Crippen molar-refractivity contribution in [2.45, 2.75) is 39.2 Å². The van der Waals surface area contributed by atoms with Crippen molar-refractivity contribution < 1.29 is 9.59 Å². The number of rotatable bonds is 3. The third kappa shape index (κ3) is 3.69. The standard InChI is InChI=1S/C15H18Cl2N2O2/c1-14(2,3)19-13(21)15(6-7-15)12(20)18-11-8-9(16)4-5-10(11)17/h4-5,8H,6-7H2,1-3H3,(H,18,20)(H,19,21). The second kappa shape index (κ2) is 5.50. The molecule has 0 radical (unpaired) electrons. The predicted molar refractivity (Wildman–Crippen MR) is 84.7 cm³/mol. The predicted octanol–water partition coefficient (Wildman–Crippen LogP) is 3.63. The molecule has 0 aliphatic heterocycles. The molecule has 0 bridgehead atoms. The molecule has 4 nitrogen and oxygen atoms in total. The molecule has 0 spiro atoms. The average Bonchev–Trinajstić information content (AvgIpc) is 3.13. The highest BCUT2D eigenvalue weighted by Crippen LogP contribution is 2.47. The van der Waals surface area contributed by atoms with Gasteiger partial charge in [0.1, 0.15) is 5.41 Å². The number of carbonyl (C=O) groups excluding carboxylic acids is 2. The summed E-state index contributed by atoms with van der Waals surface area (Å²) in [5.41, 5.74) is -0.941. The van der Waals surface area contributed by atoms with Crippen LogP contribution >= 0.6 is 23.2 Å². The molecular weight excluding hydrogens is 311 g/mol. The highest BCUT2D eigenvalue weighted by molar-refractivity contribution is 6.36. The maximum absolute atomic E-state index is 12.4. The van der Waals surface area contributed by atoms with Gasteiger partial charge in [-0.05, 0) is 51.8 Å². The SMILES string of the molecule is CC(C)(C)NC(=O)C1(C(=O)Nc2cc(Cl)ccc2Cl)CC1. The van der Waals surface area contributed by atoms with Crippen LogP contribution in [0.1, 0.15) is 33.6 Å². The van der Waals surface area contributed by atoms with Crippen molar-refractivity contribution in [1.82, 2.24) is 5.32 Å². The maximum atomic E-state index is 12.4. The Bertz CT molecular complexity index is 590. The van der Waals surface area contributed by atoms with Crippen molar-refractivity contribution in [3.8, 4) is 0 Å². The number of carbonyl (C=O) groups is 2. The van der Waals surface area contributed by atoms with Crippen LogP contribution in [0.4, 0.5) is 5.69 Å². The molecule has 1 aliphatic carbocycles. The van der Waals surface area contributed by atoms with Gasteiger partial charge in [0.15, 0.2) is 0 Å². The molecule has 114 valence electrons. The van der Waals surface area contributed by atoms with Gasteiger partial charge in [-0.25, -0.2) is 0 Å². The second-order valence-corrected chi connectivity index (χ2v) is 7.21. The molecule has 0 atom stereocenters. The van der Waals surface area contributed by atoms with Gasteiger partial charge in [-0.15, -0.1) is 0 Å². The van der Waals surface area contributed by atoms with E-state index in [1.165, 1.54) is 0 Å². The van der Waals surface area contributed by atoms with E-state index in [-0.39, 0.29) is 17.4 Å². The molecule has 0 saturated heterocycles. The largest absolute Gasteiger partial charge is 0.351 e. The smallest absolute Gasteiger partial charge is 0.240 e. The summed E-state index contributed by atoms with van der Waals surface area (Å²) in [6, 6.07) is 4.81. The monoisotopic (exact) mass is 328 g/mol. The average molecular weight is 329 g/mol. The van der Waals surface area contributed by atoms with Gasteiger partial charge < -0.3 is 10.6 Å². The Labute approximate surface area is 134 Å². The fraction of sp³-hybridized carbons (Fsp3) is 0.467. The summed E-state index contributed by atoms with van der Waals surface area (Å²) < 4.78 is 0. The lowest BCUT2D eigenvalue weighted by Gasteiger charge is -2.24. The van der Waals surface area contributed by atoms with Gasteiger partial charge in [0.2, 0.25) is 11.8 Å². The van der Waals surface area contributed by atoms with Crippen LogP contribution in [0.2, 0.25) is 10.0 Å². The summed E-state index contributed by atoms with van der Waals surface area (Å²) in [6.45, 7) is 5.65. The summed E-state index contributed by atoms with van der Waals surface area (Å²) in [5, 5.41) is 6.42. The van der Waals surface area contributed by atoms with Crippen molar-refractivity contribution in [1.29, 1.82) is 0 Å². The Kier molecular flexibility index (Phi) is 4.22. The van der Waals surface area contributed by atoms with Crippen LogP contribution in [0.15, 0.2) is 18.2 Å². The second-order valence-electron chi connectivity index (χ2n) is 6.36. The maximum Gasteiger partial charge on any atom is 0.240 e. The van der Waals surface area contributed by atoms with Crippen molar-refractivity contribution >= 4 is 40.7 Å². The van der Waals surface area contributed by atoms with Crippen LogP contribution in [-0.4, -0.2) is 17.4 Å². The van der Waals surface area contributed by atoms with Gasteiger partial charge in [-0.3, -0.25) is 9.59 Å². The molecule has 1 aromatic rings. The highest BCUT2D eigenvalue weighted by Gasteiger charge is 2.57. The molecular formula is C15H18Cl2N2O2. The summed E-state index contributed by atoms with van der Waals surface area (Å²) in [7, 11) is 0. The molecule has 2 N–H and O–H groups in total. The Morgan fingerprint density at radius 2 is 1.76 bits per heavy atom. The zero-order chi connectivity index (χ0) is 15.8. The van der Waals surface area contributed by atoms with E-state index in [4.69, 9.17) is 23.2 Å². The van der Waals surface area contributed by atoms with Crippen molar-refractivity contribution in [3.05, 3.63) is 28.2 Å². The third-order valence-electron chi connectivity index (χ3n) is 3.28. The van der Waals surface area contributed by atoms with Crippen molar-refractivity contribution in [3.63, 3.8) is 0 Å². The minimum absolute atomic E-state index is 0.245. The molecule has 0 aromatic heterocycles. The summed E-state index contributed by atoms with van der Waals surface area (Å²) in [6.07, 6.45) is 1.08. The van der Waals surface area contributed by atoms with Gasteiger partial charge in [-0.1, -0.05) is 23.2 Å². The molecule has 1 aliphatic rings. The first kappa shape index (κ1) is 16.1. The molecule has 2 amide bonds. The normalized spacial score (nSPS) is 16.2. The number of halogens is 2. The van der Waals surface area contributed by atoms with Crippen molar-refractivity contribution in [2.75, 3.05) is 5.32 Å². The molecule has 2 rings (SSSR count). The number of amides is 2. The topological polar surface area (TPSA) is 58.2 Å². The first-order valence-electron chi connectivity index (χ1n) is 6.73. The van der Waals surface area contributed by atoms with E-state index in [1.807, 2.05) is 20.8 Å². The number of anilines is 1. The van der Waals surface area contributed by atoms with Crippen LogP contribution in [0.3, 0.4) is 0 Å². The fourth-order valence-electron chi connectivity index (χ4n) is 1.98. The molecule has 0 heterocycles. The lowest BCUT2D eigenvalue weighted by Crippen LogP contribution is -2.48. The number of benzene rings is 1. The Morgan fingerprint density at radius 1 is 1.14 bits per heavy atom. The van der Waals surface area contributed by atoms with Crippen LogP contribution < -0.4 is 10.6 Å². The summed E-state index contributed by atoms with van der Waals surface area (Å²) in [5.74, 6) is -0.584.